The van der Waals surface area contributed by atoms with E-state index in [4.69, 9.17) is 4.42 Å². The Hall–Kier alpha value is -2.45. The van der Waals surface area contributed by atoms with E-state index in [2.05, 4.69) is 15.1 Å². The minimum absolute atomic E-state index is 0.101. The second-order valence-electron chi connectivity index (χ2n) is 6.82. The highest BCUT2D eigenvalue weighted by atomic mass is 16.4. The van der Waals surface area contributed by atoms with Crippen molar-refractivity contribution in [1.82, 2.24) is 24.2 Å². The molecule has 138 valence electrons. The first-order valence-electron chi connectivity index (χ1n) is 8.97. The lowest BCUT2D eigenvalue weighted by atomic mass is 9.97. The molecule has 0 bridgehead atoms. The Kier molecular flexibility index (Phi) is 4.60. The molecule has 1 aliphatic rings. The van der Waals surface area contributed by atoms with Crippen LogP contribution < -0.4 is 5.76 Å². The fraction of sp³-hybridized carbons (Fsp3) is 0.500. The molecule has 1 aromatic carbocycles. The molecule has 1 N–H and O–H groups in total. The van der Waals surface area contributed by atoms with Crippen LogP contribution >= 0.6 is 0 Å². The Labute approximate surface area is 150 Å². The van der Waals surface area contributed by atoms with Gasteiger partial charge >= 0.3 is 5.76 Å². The minimum atomic E-state index is -0.305. The second-order valence-corrected chi connectivity index (χ2v) is 6.82. The molecule has 1 fully saturated rings. The number of likely N-dealkylation sites (tertiary alicyclic amines) is 1. The minimum Gasteiger partial charge on any atom is -0.408 e. The van der Waals surface area contributed by atoms with Crippen molar-refractivity contribution in [2.24, 2.45) is 7.05 Å². The van der Waals surface area contributed by atoms with Crippen LogP contribution in [0.1, 0.15) is 30.4 Å². The third kappa shape index (κ3) is 3.06. The largest absolute Gasteiger partial charge is 0.419 e. The van der Waals surface area contributed by atoms with Gasteiger partial charge in [-0.2, -0.15) is 0 Å². The zero-order chi connectivity index (χ0) is 18.1. The number of piperidine rings is 1. The normalized spacial score (nSPS) is 18.6. The molecule has 26 heavy (non-hydrogen) atoms. The van der Waals surface area contributed by atoms with Gasteiger partial charge in [0.25, 0.3) is 0 Å². The van der Waals surface area contributed by atoms with Gasteiger partial charge in [-0.15, -0.1) is 10.2 Å². The summed E-state index contributed by atoms with van der Waals surface area (Å²) < 4.78 is 8.89. The van der Waals surface area contributed by atoms with Crippen LogP contribution in [0.5, 0.6) is 0 Å². The molecule has 3 aromatic rings. The lowest BCUT2D eigenvalue weighted by Crippen LogP contribution is -2.38. The van der Waals surface area contributed by atoms with Crippen LogP contribution in [0.4, 0.5) is 0 Å². The van der Waals surface area contributed by atoms with E-state index in [-0.39, 0.29) is 12.4 Å². The van der Waals surface area contributed by atoms with Crippen molar-refractivity contribution in [2.45, 2.75) is 31.9 Å². The highest BCUT2D eigenvalue weighted by molar-refractivity contribution is 5.72. The first-order chi connectivity index (χ1) is 12.7. The number of fused-ring (bicyclic) bond motifs is 1. The summed E-state index contributed by atoms with van der Waals surface area (Å²) in [4.78, 5) is 14.5. The highest BCUT2D eigenvalue weighted by Gasteiger charge is 2.26. The van der Waals surface area contributed by atoms with E-state index in [1.54, 1.807) is 4.57 Å². The van der Waals surface area contributed by atoms with Gasteiger partial charge in [-0.25, -0.2) is 4.79 Å². The number of nitrogens with zero attached hydrogens (tertiary/aromatic N) is 5. The van der Waals surface area contributed by atoms with Crippen LogP contribution in [0.15, 0.2) is 33.5 Å². The van der Waals surface area contributed by atoms with Crippen LogP contribution in [0.25, 0.3) is 11.1 Å². The zero-order valence-electron chi connectivity index (χ0n) is 14.8. The van der Waals surface area contributed by atoms with Gasteiger partial charge < -0.3 is 19.0 Å². The SMILES string of the molecule is Cn1c(CO)nnc1C1CCCN(CCn2c(=O)oc3ccccc32)C1. The highest BCUT2D eigenvalue weighted by Crippen LogP contribution is 2.25. The number of aromatic nitrogens is 4. The van der Waals surface area contributed by atoms with Crippen LogP contribution in [0, 0.1) is 0 Å². The van der Waals surface area contributed by atoms with Crippen LogP contribution in [0.2, 0.25) is 0 Å². The summed E-state index contributed by atoms with van der Waals surface area (Å²) in [6.07, 6.45) is 2.13. The number of benzene rings is 1. The van der Waals surface area contributed by atoms with Gasteiger partial charge in [0.2, 0.25) is 0 Å². The number of oxazole rings is 1. The fourth-order valence-corrected chi connectivity index (χ4v) is 3.81. The van der Waals surface area contributed by atoms with Crippen molar-refractivity contribution < 1.29 is 9.52 Å². The number of hydrogen-bond acceptors (Lipinski definition) is 6. The molecule has 3 heterocycles. The maximum Gasteiger partial charge on any atom is 0.419 e. The molecule has 1 atom stereocenters. The van der Waals surface area contributed by atoms with E-state index in [1.807, 2.05) is 35.9 Å². The average molecular weight is 357 g/mol. The molecule has 2 aromatic heterocycles. The number of aliphatic hydroxyl groups is 1. The smallest absolute Gasteiger partial charge is 0.408 e. The summed E-state index contributed by atoms with van der Waals surface area (Å²) in [7, 11) is 1.90. The quantitative estimate of drug-likeness (QED) is 0.735. The van der Waals surface area contributed by atoms with Gasteiger partial charge in [-0.1, -0.05) is 12.1 Å². The molecule has 0 amide bonds. The number of hydrogen-bond donors (Lipinski definition) is 1. The average Bonchev–Trinajstić information content (AvgIpc) is 3.19. The Morgan fingerprint density at radius 3 is 2.92 bits per heavy atom. The maximum absolute atomic E-state index is 12.1. The molecule has 0 aliphatic carbocycles. The van der Waals surface area contributed by atoms with Gasteiger partial charge in [-0.05, 0) is 31.5 Å². The molecule has 8 nitrogen and oxygen atoms in total. The van der Waals surface area contributed by atoms with Crippen molar-refractivity contribution in [3.63, 3.8) is 0 Å². The predicted octanol–water partition coefficient (Wildman–Crippen LogP) is 1.09. The van der Waals surface area contributed by atoms with Crippen molar-refractivity contribution in [3.05, 3.63) is 46.5 Å². The van der Waals surface area contributed by atoms with Gasteiger partial charge in [-0.3, -0.25) is 4.57 Å². The first kappa shape index (κ1) is 17.0. The number of rotatable bonds is 5. The second kappa shape index (κ2) is 7.05. The molecular weight excluding hydrogens is 334 g/mol. The van der Waals surface area contributed by atoms with Crippen LogP contribution in [-0.2, 0) is 20.2 Å². The van der Waals surface area contributed by atoms with E-state index in [0.29, 0.717) is 23.9 Å². The molecule has 4 rings (SSSR count). The van der Waals surface area contributed by atoms with Crippen LogP contribution in [-0.4, -0.2) is 49.0 Å². The lowest BCUT2D eigenvalue weighted by Gasteiger charge is -2.32. The summed E-state index contributed by atoms with van der Waals surface area (Å²) >= 11 is 0. The van der Waals surface area contributed by atoms with Crippen molar-refractivity contribution in [3.8, 4) is 0 Å². The molecular formula is C18H23N5O3. The summed E-state index contributed by atoms with van der Waals surface area (Å²) in [5.74, 6) is 1.50. The van der Waals surface area contributed by atoms with E-state index in [9.17, 15) is 9.90 Å². The van der Waals surface area contributed by atoms with Gasteiger partial charge in [0.05, 0.1) is 5.52 Å². The molecule has 1 unspecified atom stereocenters. The molecule has 0 saturated carbocycles. The summed E-state index contributed by atoms with van der Waals surface area (Å²) in [6.45, 7) is 3.16. The third-order valence-corrected chi connectivity index (χ3v) is 5.22. The van der Waals surface area contributed by atoms with Gasteiger partial charge in [0.1, 0.15) is 12.4 Å². The summed E-state index contributed by atoms with van der Waals surface area (Å²) in [5, 5.41) is 17.6. The van der Waals surface area contributed by atoms with Gasteiger partial charge in [0, 0.05) is 32.6 Å². The Balaban J connectivity index is 1.46. The van der Waals surface area contributed by atoms with Gasteiger partial charge in [0.15, 0.2) is 11.4 Å². The van der Waals surface area contributed by atoms with Crippen molar-refractivity contribution in [1.29, 1.82) is 0 Å². The van der Waals surface area contributed by atoms with E-state index < -0.39 is 0 Å². The molecule has 1 saturated heterocycles. The topological polar surface area (TPSA) is 89.3 Å². The Morgan fingerprint density at radius 1 is 1.27 bits per heavy atom. The third-order valence-electron chi connectivity index (χ3n) is 5.22. The molecule has 1 aliphatic heterocycles. The standard InChI is InChI=1S/C18H23N5O3/c1-21-16(12-24)19-20-17(21)13-5-4-8-22(11-13)9-10-23-14-6-2-3-7-15(14)26-18(23)25/h2-3,6-7,13,24H,4-5,8-12H2,1H3. The number of aliphatic hydroxyl groups excluding tert-OH is 1. The molecule has 0 radical (unpaired) electrons. The first-order valence-corrected chi connectivity index (χ1v) is 8.97. The van der Waals surface area contributed by atoms with E-state index in [0.717, 1.165) is 43.8 Å². The van der Waals surface area contributed by atoms with Crippen LogP contribution in [0.3, 0.4) is 0 Å². The molecule has 0 spiro atoms. The summed E-state index contributed by atoms with van der Waals surface area (Å²) in [5.41, 5.74) is 1.47. The maximum atomic E-state index is 12.1. The Bertz CT molecular complexity index is 957. The van der Waals surface area contributed by atoms with Crippen molar-refractivity contribution in [2.75, 3.05) is 19.6 Å². The fourth-order valence-electron chi connectivity index (χ4n) is 3.81. The predicted molar refractivity (Wildman–Crippen MR) is 95.8 cm³/mol. The van der Waals surface area contributed by atoms with Crippen molar-refractivity contribution >= 4 is 11.1 Å². The summed E-state index contributed by atoms with van der Waals surface area (Å²) in [6, 6.07) is 7.51. The monoisotopic (exact) mass is 357 g/mol. The zero-order valence-corrected chi connectivity index (χ0v) is 14.8. The van der Waals surface area contributed by atoms with E-state index >= 15 is 0 Å². The lowest BCUT2D eigenvalue weighted by molar-refractivity contribution is 0.194. The number of para-hydroxylation sites is 2. The van der Waals surface area contributed by atoms with E-state index in [1.165, 1.54) is 0 Å². The molecule has 8 heteroatoms. The Morgan fingerprint density at radius 2 is 2.12 bits per heavy atom.